The maximum absolute atomic E-state index is 6.70. The molecule has 4 aliphatic rings. The fraction of sp³-hybridized carbons (Fsp3) is 0.647. The van der Waals surface area contributed by atoms with Crippen LogP contribution in [0.2, 0.25) is 0 Å². The van der Waals surface area contributed by atoms with Gasteiger partial charge >= 0.3 is 0 Å². The molecule has 2 atom stereocenters. The lowest BCUT2D eigenvalue weighted by Gasteiger charge is -2.63. The van der Waals surface area contributed by atoms with Gasteiger partial charge in [-0.1, -0.05) is 18.2 Å². The predicted molar refractivity (Wildman–Crippen MR) is 79.2 cm³/mol. The van der Waals surface area contributed by atoms with Gasteiger partial charge in [0.25, 0.3) is 0 Å². The fourth-order valence-electron chi connectivity index (χ4n) is 5.60. The van der Waals surface area contributed by atoms with Gasteiger partial charge in [0.15, 0.2) is 0 Å². The van der Waals surface area contributed by atoms with Crippen molar-refractivity contribution in [3.05, 3.63) is 30.3 Å². The first kappa shape index (κ1) is 11.8. The number of hydrogen-bond donors (Lipinski definition) is 1. The van der Waals surface area contributed by atoms with E-state index in [9.17, 15) is 0 Å². The van der Waals surface area contributed by atoms with Crippen molar-refractivity contribution >= 4 is 5.69 Å². The monoisotopic (exact) mass is 256 g/mol. The van der Waals surface area contributed by atoms with Crippen LogP contribution in [0.1, 0.15) is 38.5 Å². The molecule has 2 heteroatoms. The van der Waals surface area contributed by atoms with E-state index in [0.717, 1.165) is 11.8 Å². The highest BCUT2D eigenvalue weighted by atomic mass is 15.2. The summed E-state index contributed by atoms with van der Waals surface area (Å²) in [4.78, 5) is 2.55. The predicted octanol–water partition coefficient (Wildman–Crippen LogP) is 3.17. The molecule has 0 aliphatic heterocycles. The molecule has 4 aliphatic carbocycles. The van der Waals surface area contributed by atoms with Crippen LogP contribution in [0.5, 0.6) is 0 Å². The first-order valence-electron chi connectivity index (χ1n) is 7.66. The number of hydrogen-bond acceptors (Lipinski definition) is 2. The van der Waals surface area contributed by atoms with Crippen molar-refractivity contribution in [2.45, 2.75) is 49.6 Å². The molecule has 2 nitrogen and oxygen atoms in total. The summed E-state index contributed by atoms with van der Waals surface area (Å²) in [6.07, 6.45) is 7.88. The van der Waals surface area contributed by atoms with E-state index >= 15 is 0 Å². The van der Waals surface area contributed by atoms with Crippen molar-refractivity contribution in [1.29, 1.82) is 0 Å². The maximum atomic E-state index is 6.70. The molecule has 0 saturated heterocycles. The molecule has 4 fully saturated rings. The normalized spacial score (nSPS) is 43.5. The lowest BCUT2D eigenvalue weighted by Crippen LogP contribution is -2.67. The minimum absolute atomic E-state index is 0.132. The third-order valence-electron chi connectivity index (χ3n) is 5.93. The van der Waals surface area contributed by atoms with Crippen LogP contribution < -0.4 is 10.6 Å². The van der Waals surface area contributed by atoms with Crippen molar-refractivity contribution in [1.82, 2.24) is 0 Å². The molecule has 4 bridgehead atoms. The molecule has 0 heterocycles. The highest BCUT2D eigenvalue weighted by Crippen LogP contribution is 2.58. The number of para-hydroxylation sites is 1. The summed E-state index contributed by atoms with van der Waals surface area (Å²) in [5.74, 6) is 1.75. The zero-order valence-electron chi connectivity index (χ0n) is 11.8. The first-order chi connectivity index (χ1) is 9.09. The van der Waals surface area contributed by atoms with Gasteiger partial charge in [0.1, 0.15) is 0 Å². The molecule has 0 aromatic heterocycles. The van der Waals surface area contributed by atoms with Gasteiger partial charge < -0.3 is 10.6 Å². The van der Waals surface area contributed by atoms with Gasteiger partial charge in [-0.05, 0) is 62.5 Å². The van der Waals surface area contributed by atoms with Crippen LogP contribution >= 0.6 is 0 Å². The van der Waals surface area contributed by atoms with Gasteiger partial charge in [0.05, 0.1) is 0 Å². The van der Waals surface area contributed by atoms with E-state index in [1.807, 2.05) is 0 Å². The number of nitrogens with zero attached hydrogens (tertiary/aromatic N) is 1. The molecule has 2 unspecified atom stereocenters. The van der Waals surface area contributed by atoms with Crippen LogP contribution in [-0.4, -0.2) is 18.1 Å². The Morgan fingerprint density at radius 3 is 2.26 bits per heavy atom. The molecule has 1 aromatic carbocycles. The molecule has 19 heavy (non-hydrogen) atoms. The van der Waals surface area contributed by atoms with Crippen LogP contribution in [0.15, 0.2) is 30.3 Å². The maximum Gasteiger partial charge on any atom is 0.0421 e. The molecule has 102 valence electrons. The Morgan fingerprint density at radius 1 is 1.05 bits per heavy atom. The smallest absolute Gasteiger partial charge is 0.0421 e. The summed E-state index contributed by atoms with van der Waals surface area (Å²) in [5.41, 5.74) is 8.52. The number of anilines is 1. The molecule has 2 N–H and O–H groups in total. The van der Waals surface area contributed by atoms with Gasteiger partial charge in [-0.3, -0.25) is 0 Å². The van der Waals surface area contributed by atoms with Crippen molar-refractivity contribution in [3.8, 4) is 0 Å². The van der Waals surface area contributed by atoms with E-state index < -0.39 is 0 Å². The standard InChI is InChI=1S/C17H24N2/c1-19(15-5-3-2-4-6-15)17-10-13-7-14(11-17)9-16(18,8-13)12-17/h2-6,13-14H,7-12,18H2,1H3. The van der Waals surface area contributed by atoms with E-state index in [1.165, 1.54) is 44.2 Å². The quantitative estimate of drug-likeness (QED) is 0.880. The minimum Gasteiger partial charge on any atom is -0.369 e. The molecule has 5 rings (SSSR count). The minimum atomic E-state index is 0.132. The zero-order chi connectivity index (χ0) is 13.1. The Kier molecular flexibility index (Phi) is 2.33. The summed E-state index contributed by atoms with van der Waals surface area (Å²) in [6, 6.07) is 10.9. The number of nitrogens with two attached hydrogens (primary N) is 1. The van der Waals surface area contributed by atoms with Crippen LogP contribution in [-0.2, 0) is 0 Å². The Balaban J connectivity index is 1.70. The average molecular weight is 256 g/mol. The van der Waals surface area contributed by atoms with Crippen LogP contribution in [0, 0.1) is 11.8 Å². The number of rotatable bonds is 2. The van der Waals surface area contributed by atoms with Gasteiger partial charge in [0.2, 0.25) is 0 Å². The van der Waals surface area contributed by atoms with E-state index in [1.54, 1.807) is 0 Å². The summed E-state index contributed by atoms with van der Waals surface area (Å²) < 4.78 is 0. The van der Waals surface area contributed by atoms with Gasteiger partial charge in [0, 0.05) is 23.8 Å². The molecule has 1 aromatic rings. The van der Waals surface area contributed by atoms with E-state index in [2.05, 4.69) is 42.3 Å². The average Bonchev–Trinajstić information content (AvgIpc) is 2.36. The SMILES string of the molecule is CN(c1ccccc1)C12CC3CC(CC(N)(C3)C1)C2. The van der Waals surface area contributed by atoms with Crippen LogP contribution in [0.3, 0.4) is 0 Å². The molecular weight excluding hydrogens is 232 g/mol. The highest BCUT2D eigenvalue weighted by molar-refractivity contribution is 5.49. The summed E-state index contributed by atoms with van der Waals surface area (Å²) in [7, 11) is 2.28. The second-order valence-electron chi connectivity index (χ2n) is 7.44. The lowest BCUT2D eigenvalue weighted by molar-refractivity contribution is -0.0194. The van der Waals surface area contributed by atoms with Gasteiger partial charge in [-0.15, -0.1) is 0 Å². The van der Waals surface area contributed by atoms with E-state index in [-0.39, 0.29) is 5.54 Å². The largest absolute Gasteiger partial charge is 0.369 e. The van der Waals surface area contributed by atoms with Crippen LogP contribution in [0.25, 0.3) is 0 Å². The van der Waals surface area contributed by atoms with E-state index in [0.29, 0.717) is 5.54 Å². The lowest BCUT2D eigenvalue weighted by atomic mass is 9.49. The molecule has 0 spiro atoms. The second kappa shape index (κ2) is 3.76. The molecular formula is C17H24N2. The first-order valence-corrected chi connectivity index (χ1v) is 7.66. The van der Waals surface area contributed by atoms with Crippen molar-refractivity contribution in [2.75, 3.05) is 11.9 Å². The Morgan fingerprint density at radius 2 is 1.68 bits per heavy atom. The van der Waals surface area contributed by atoms with E-state index in [4.69, 9.17) is 5.73 Å². The summed E-state index contributed by atoms with van der Waals surface area (Å²) in [5, 5.41) is 0. The highest BCUT2D eigenvalue weighted by Gasteiger charge is 2.57. The summed E-state index contributed by atoms with van der Waals surface area (Å²) in [6.45, 7) is 0. The zero-order valence-corrected chi connectivity index (χ0v) is 11.8. The third kappa shape index (κ3) is 1.73. The van der Waals surface area contributed by atoms with Crippen LogP contribution in [0.4, 0.5) is 5.69 Å². The Labute approximate surface area is 116 Å². The Hall–Kier alpha value is -1.02. The molecule has 0 amide bonds. The summed E-state index contributed by atoms with van der Waals surface area (Å²) >= 11 is 0. The van der Waals surface area contributed by atoms with Crippen molar-refractivity contribution < 1.29 is 0 Å². The fourth-order valence-corrected chi connectivity index (χ4v) is 5.60. The second-order valence-corrected chi connectivity index (χ2v) is 7.44. The van der Waals surface area contributed by atoms with Gasteiger partial charge in [-0.2, -0.15) is 0 Å². The Bertz CT molecular complexity index is 467. The molecule has 4 saturated carbocycles. The third-order valence-corrected chi connectivity index (χ3v) is 5.93. The van der Waals surface area contributed by atoms with Gasteiger partial charge in [-0.25, -0.2) is 0 Å². The topological polar surface area (TPSA) is 29.3 Å². The van der Waals surface area contributed by atoms with Crippen molar-refractivity contribution in [2.24, 2.45) is 17.6 Å². The van der Waals surface area contributed by atoms with Crippen molar-refractivity contribution in [3.63, 3.8) is 0 Å². The molecule has 0 radical (unpaired) electrons. The number of benzene rings is 1.